The summed E-state index contributed by atoms with van der Waals surface area (Å²) in [5.41, 5.74) is 0.252. The SMILES string of the molecule is Br.C=CC[N+]1(C2C[C@H]3[C@@H]4CCC5CC(OC(=O)CC)C(N6CCOCC6)C[C@]5(C)[C@@H]4CC[C@]3(C)C2OC(=O)CC)CCCCCC1. The Balaban J connectivity index is 0.00000417. The average Bonchev–Trinajstić information content (AvgIpc) is 3.17. The molecule has 0 amide bonds. The number of carbonyl (C=O) groups is 2. The first kappa shape index (κ1) is 36.3. The lowest BCUT2D eigenvalue weighted by Gasteiger charge is -2.62. The maximum atomic E-state index is 13.1. The second-order valence-electron chi connectivity index (χ2n) is 16.4. The van der Waals surface area contributed by atoms with Crippen LogP contribution in [0.2, 0.25) is 0 Å². The van der Waals surface area contributed by atoms with E-state index in [1.165, 1.54) is 64.5 Å². The second kappa shape index (κ2) is 14.9. The van der Waals surface area contributed by atoms with Gasteiger partial charge in [-0.05, 0) is 99.4 Å². The molecule has 2 saturated heterocycles. The molecule has 0 bridgehead atoms. The fourth-order valence-electron chi connectivity index (χ4n) is 12.1. The van der Waals surface area contributed by atoms with Crippen LogP contribution in [-0.4, -0.2) is 91.6 Å². The minimum absolute atomic E-state index is 0. The minimum atomic E-state index is -0.0567. The standard InChI is InChI=1S/C38H63N2O5.BrH/c1-6-19-40(20-11-9-10-12-21-40)32-25-30-28-14-13-27-24-33(44-34(41)7-2)31(39-17-22-43-23-18-39)26-38(27,5)29(28)15-16-37(30,4)36(32)45-35(42)8-3;/h6,27-33,36H,1,7-26H2,2-5H3;1H/q+1;/t27?,28-,29-,30+,31?,32?,33?,36?,37+,38+;/m1./s1. The van der Waals surface area contributed by atoms with Gasteiger partial charge in [-0.3, -0.25) is 14.5 Å². The minimum Gasteiger partial charge on any atom is -0.461 e. The number of halogens is 1. The Hall–Kier alpha value is -0.960. The molecular weight excluding hydrogens is 644 g/mol. The first-order valence-electron chi connectivity index (χ1n) is 18.9. The van der Waals surface area contributed by atoms with Crippen LogP contribution in [-0.2, 0) is 23.8 Å². The van der Waals surface area contributed by atoms with E-state index in [0.717, 1.165) is 56.6 Å². The van der Waals surface area contributed by atoms with Gasteiger partial charge in [-0.15, -0.1) is 17.0 Å². The highest BCUT2D eigenvalue weighted by Gasteiger charge is 2.67. The quantitative estimate of drug-likeness (QED) is 0.152. The molecule has 8 heteroatoms. The Morgan fingerprint density at radius 3 is 2.24 bits per heavy atom. The number of esters is 2. The Bertz CT molecular complexity index is 1070. The van der Waals surface area contributed by atoms with Crippen molar-refractivity contribution >= 4 is 28.9 Å². The van der Waals surface area contributed by atoms with Crippen molar-refractivity contribution in [3.05, 3.63) is 12.7 Å². The molecule has 0 aromatic rings. The molecule has 0 spiro atoms. The monoisotopic (exact) mass is 707 g/mol. The summed E-state index contributed by atoms with van der Waals surface area (Å²) in [5.74, 6) is 2.41. The van der Waals surface area contributed by atoms with Gasteiger partial charge < -0.3 is 18.7 Å². The van der Waals surface area contributed by atoms with Crippen LogP contribution in [0.25, 0.3) is 0 Å². The van der Waals surface area contributed by atoms with E-state index in [4.69, 9.17) is 14.2 Å². The highest BCUT2D eigenvalue weighted by molar-refractivity contribution is 8.93. The molecule has 2 heterocycles. The Kier molecular flexibility index (Phi) is 11.8. The number of quaternary nitrogens is 1. The number of hydrogen-bond donors (Lipinski definition) is 0. The van der Waals surface area contributed by atoms with E-state index >= 15 is 0 Å². The average molecular weight is 709 g/mol. The van der Waals surface area contributed by atoms with Gasteiger partial charge in [-0.25, -0.2) is 0 Å². The summed E-state index contributed by atoms with van der Waals surface area (Å²) in [5, 5.41) is 0. The van der Waals surface area contributed by atoms with E-state index < -0.39 is 0 Å². The number of likely N-dealkylation sites (tertiary alicyclic amines) is 1. The molecular formula is C38H64BrN2O5+. The number of carbonyl (C=O) groups excluding carboxylic acids is 2. The van der Waals surface area contributed by atoms with Crippen molar-refractivity contribution in [3.63, 3.8) is 0 Å². The van der Waals surface area contributed by atoms with E-state index in [2.05, 4.69) is 31.4 Å². The second-order valence-corrected chi connectivity index (χ2v) is 16.4. The molecule has 7 nitrogen and oxygen atoms in total. The highest BCUT2D eigenvalue weighted by atomic mass is 79.9. The number of fused-ring (bicyclic) bond motifs is 5. The maximum Gasteiger partial charge on any atom is 0.306 e. The van der Waals surface area contributed by atoms with Crippen LogP contribution >= 0.6 is 17.0 Å². The summed E-state index contributed by atoms with van der Waals surface area (Å²) in [6, 6.07) is 0.631. The molecule has 0 N–H and O–H groups in total. The summed E-state index contributed by atoms with van der Waals surface area (Å²) in [6.07, 6.45) is 16.3. The molecule has 6 rings (SSSR count). The van der Waals surface area contributed by atoms with Crippen LogP contribution < -0.4 is 0 Å². The zero-order chi connectivity index (χ0) is 31.8. The number of rotatable bonds is 8. The smallest absolute Gasteiger partial charge is 0.306 e. The normalized spacial score (nSPS) is 42.3. The lowest BCUT2D eigenvalue weighted by Crippen LogP contribution is -2.62. The van der Waals surface area contributed by atoms with Gasteiger partial charge in [-0.2, -0.15) is 0 Å². The molecule has 5 unspecified atom stereocenters. The molecule has 10 atom stereocenters. The summed E-state index contributed by atoms with van der Waals surface area (Å²) >= 11 is 0. The van der Waals surface area contributed by atoms with Crippen molar-refractivity contribution in [1.82, 2.24) is 4.90 Å². The van der Waals surface area contributed by atoms with Crippen LogP contribution in [0.5, 0.6) is 0 Å². The van der Waals surface area contributed by atoms with E-state index in [-0.39, 0.29) is 58.0 Å². The number of ether oxygens (including phenoxy) is 3. The van der Waals surface area contributed by atoms with Crippen molar-refractivity contribution in [2.75, 3.05) is 45.9 Å². The summed E-state index contributed by atoms with van der Waals surface area (Å²) in [6.45, 7) is 20.0. The topological polar surface area (TPSA) is 65.1 Å². The van der Waals surface area contributed by atoms with Gasteiger partial charge in [0, 0.05) is 43.8 Å². The van der Waals surface area contributed by atoms with E-state index in [9.17, 15) is 9.59 Å². The predicted octanol–water partition coefficient (Wildman–Crippen LogP) is 7.12. The molecule has 0 aromatic carbocycles. The largest absolute Gasteiger partial charge is 0.461 e. The zero-order valence-electron chi connectivity index (χ0n) is 29.4. The Labute approximate surface area is 289 Å². The highest BCUT2D eigenvalue weighted by Crippen LogP contribution is 2.68. The molecule has 46 heavy (non-hydrogen) atoms. The molecule has 0 radical (unpaired) electrons. The van der Waals surface area contributed by atoms with Crippen molar-refractivity contribution in [1.29, 1.82) is 0 Å². The van der Waals surface area contributed by atoms with Gasteiger partial charge in [0.25, 0.3) is 0 Å². The molecule has 2 aliphatic heterocycles. The maximum absolute atomic E-state index is 13.1. The van der Waals surface area contributed by atoms with Gasteiger partial charge >= 0.3 is 11.9 Å². The van der Waals surface area contributed by atoms with Gasteiger partial charge in [0.05, 0.1) is 32.8 Å². The van der Waals surface area contributed by atoms with Crippen molar-refractivity contribution in [2.45, 2.75) is 135 Å². The third kappa shape index (κ3) is 6.52. The summed E-state index contributed by atoms with van der Waals surface area (Å²) in [7, 11) is 0. The first-order chi connectivity index (χ1) is 21.7. The molecule has 6 fully saturated rings. The molecule has 4 saturated carbocycles. The van der Waals surface area contributed by atoms with Crippen molar-refractivity contribution < 1.29 is 28.3 Å². The molecule has 262 valence electrons. The van der Waals surface area contributed by atoms with E-state index in [1.807, 2.05) is 13.8 Å². The third-order valence-electron chi connectivity index (χ3n) is 14.4. The van der Waals surface area contributed by atoms with Gasteiger partial charge in [0.2, 0.25) is 0 Å². The van der Waals surface area contributed by atoms with Gasteiger partial charge in [0.15, 0.2) is 6.10 Å². The van der Waals surface area contributed by atoms with Crippen LogP contribution in [0.3, 0.4) is 0 Å². The Morgan fingerprint density at radius 2 is 1.59 bits per heavy atom. The Morgan fingerprint density at radius 1 is 0.913 bits per heavy atom. The molecule has 0 aromatic heterocycles. The number of nitrogens with zero attached hydrogens (tertiary/aromatic N) is 2. The summed E-state index contributed by atoms with van der Waals surface area (Å²) < 4.78 is 19.7. The van der Waals surface area contributed by atoms with E-state index in [1.54, 1.807) is 0 Å². The zero-order valence-corrected chi connectivity index (χ0v) is 31.1. The van der Waals surface area contributed by atoms with Crippen LogP contribution in [0.15, 0.2) is 12.7 Å². The third-order valence-corrected chi connectivity index (χ3v) is 14.4. The fourth-order valence-corrected chi connectivity index (χ4v) is 12.1. The summed E-state index contributed by atoms with van der Waals surface area (Å²) in [4.78, 5) is 28.3. The van der Waals surface area contributed by atoms with Gasteiger partial charge in [-0.1, -0.05) is 34.3 Å². The molecule has 6 aliphatic rings. The number of hydrogen-bond acceptors (Lipinski definition) is 6. The van der Waals surface area contributed by atoms with Crippen LogP contribution in [0.4, 0.5) is 0 Å². The van der Waals surface area contributed by atoms with Crippen LogP contribution in [0.1, 0.15) is 111 Å². The molecule has 4 aliphatic carbocycles. The fraction of sp³-hybridized carbons (Fsp3) is 0.895. The lowest BCUT2D eigenvalue weighted by atomic mass is 9.44. The van der Waals surface area contributed by atoms with Gasteiger partial charge in [0.1, 0.15) is 12.1 Å². The predicted molar refractivity (Wildman–Crippen MR) is 187 cm³/mol. The van der Waals surface area contributed by atoms with Crippen molar-refractivity contribution in [2.24, 2.45) is 34.5 Å². The van der Waals surface area contributed by atoms with Crippen molar-refractivity contribution in [3.8, 4) is 0 Å². The first-order valence-corrected chi connectivity index (χ1v) is 18.9. The number of morpholine rings is 1. The lowest BCUT2D eigenvalue weighted by molar-refractivity contribution is -0.948. The van der Waals surface area contributed by atoms with E-state index in [0.29, 0.717) is 42.6 Å². The van der Waals surface area contributed by atoms with Crippen LogP contribution in [0, 0.1) is 34.5 Å².